The van der Waals surface area contributed by atoms with Crippen molar-refractivity contribution >= 4 is 17.3 Å². The van der Waals surface area contributed by atoms with Gasteiger partial charge in [0.1, 0.15) is 5.75 Å². The summed E-state index contributed by atoms with van der Waals surface area (Å²) in [6.45, 7) is 0. The summed E-state index contributed by atoms with van der Waals surface area (Å²) in [6, 6.07) is 9.44. The molecule has 0 aliphatic rings. The summed E-state index contributed by atoms with van der Waals surface area (Å²) in [7, 11) is 0. The molecule has 0 radical (unpaired) electrons. The number of ether oxygens (including phenoxy) is 1. The number of hydrogen-bond donors (Lipinski definition) is 0. The molecular formula is C14H8ClFN2O3. The quantitative estimate of drug-likeness (QED) is 0.483. The van der Waals surface area contributed by atoms with Crippen LogP contribution in [0.1, 0.15) is 11.1 Å². The Morgan fingerprint density at radius 2 is 2.00 bits per heavy atom. The Balaban J connectivity index is 2.35. The van der Waals surface area contributed by atoms with E-state index in [1.165, 1.54) is 30.3 Å². The molecular weight excluding hydrogens is 299 g/mol. The zero-order valence-corrected chi connectivity index (χ0v) is 11.3. The van der Waals surface area contributed by atoms with E-state index in [1.54, 1.807) is 0 Å². The second-order valence-corrected chi connectivity index (χ2v) is 4.31. The van der Waals surface area contributed by atoms with Crippen LogP contribution in [0.25, 0.3) is 0 Å². The number of non-ortho nitro benzene ring substituents is 1. The number of rotatable bonds is 4. The Morgan fingerprint density at radius 1 is 1.29 bits per heavy atom. The topological polar surface area (TPSA) is 76.2 Å². The molecule has 0 atom stereocenters. The van der Waals surface area contributed by atoms with Gasteiger partial charge in [0.05, 0.1) is 22.4 Å². The van der Waals surface area contributed by atoms with Crippen LogP contribution in [-0.2, 0) is 5.88 Å². The molecule has 106 valence electrons. The Bertz CT molecular complexity index is 743. The zero-order chi connectivity index (χ0) is 15.4. The Morgan fingerprint density at radius 3 is 2.57 bits per heavy atom. The van der Waals surface area contributed by atoms with Gasteiger partial charge >= 0.3 is 0 Å². The van der Waals surface area contributed by atoms with Crippen molar-refractivity contribution in [1.82, 2.24) is 0 Å². The fourth-order valence-electron chi connectivity index (χ4n) is 1.66. The van der Waals surface area contributed by atoms with Gasteiger partial charge in [-0.05, 0) is 24.3 Å². The number of nitrogens with zero attached hydrogens (tertiary/aromatic N) is 2. The molecule has 0 heterocycles. The molecule has 21 heavy (non-hydrogen) atoms. The minimum atomic E-state index is -0.701. The lowest BCUT2D eigenvalue weighted by molar-refractivity contribution is -0.384. The van der Waals surface area contributed by atoms with E-state index < -0.39 is 10.7 Å². The number of nitriles is 1. The standard InChI is InChI=1S/C14H8ClFN2O3/c15-7-10-6-11(18(19)20)2-4-13(10)21-14-3-1-9(8-17)5-12(14)16/h1-6H,7H2. The van der Waals surface area contributed by atoms with Gasteiger partial charge in [-0.1, -0.05) is 0 Å². The molecule has 0 aliphatic carbocycles. The smallest absolute Gasteiger partial charge is 0.270 e. The largest absolute Gasteiger partial charge is 0.454 e. The van der Waals surface area contributed by atoms with Crippen LogP contribution in [0.2, 0.25) is 0 Å². The third-order valence-corrected chi connectivity index (χ3v) is 2.97. The number of halogens is 2. The first-order chi connectivity index (χ1) is 10.0. The molecule has 0 spiro atoms. The van der Waals surface area contributed by atoms with Gasteiger partial charge in [-0.25, -0.2) is 4.39 Å². The van der Waals surface area contributed by atoms with Crippen LogP contribution in [0.4, 0.5) is 10.1 Å². The van der Waals surface area contributed by atoms with E-state index in [1.807, 2.05) is 6.07 Å². The van der Waals surface area contributed by atoms with Crippen LogP contribution >= 0.6 is 11.6 Å². The summed E-state index contributed by atoms with van der Waals surface area (Å²) < 4.78 is 19.1. The van der Waals surface area contributed by atoms with Crippen molar-refractivity contribution < 1.29 is 14.1 Å². The lowest BCUT2D eigenvalue weighted by Crippen LogP contribution is -1.95. The van der Waals surface area contributed by atoms with Gasteiger partial charge in [-0.3, -0.25) is 10.1 Å². The van der Waals surface area contributed by atoms with E-state index in [2.05, 4.69) is 0 Å². The van der Waals surface area contributed by atoms with Gasteiger partial charge in [-0.2, -0.15) is 5.26 Å². The van der Waals surface area contributed by atoms with E-state index >= 15 is 0 Å². The molecule has 2 aromatic rings. The Hall–Kier alpha value is -2.65. The van der Waals surface area contributed by atoms with Crippen molar-refractivity contribution in [2.75, 3.05) is 0 Å². The van der Waals surface area contributed by atoms with Crippen molar-refractivity contribution in [3.63, 3.8) is 0 Å². The molecule has 5 nitrogen and oxygen atoms in total. The minimum Gasteiger partial charge on any atom is -0.454 e. The Labute approximate surface area is 124 Å². The highest BCUT2D eigenvalue weighted by molar-refractivity contribution is 6.17. The summed E-state index contributed by atoms with van der Waals surface area (Å²) in [6.07, 6.45) is 0. The first-order valence-corrected chi connectivity index (χ1v) is 6.29. The molecule has 0 amide bonds. The van der Waals surface area contributed by atoms with Crippen molar-refractivity contribution in [1.29, 1.82) is 5.26 Å². The predicted molar refractivity (Wildman–Crippen MR) is 73.8 cm³/mol. The second-order valence-electron chi connectivity index (χ2n) is 4.04. The van der Waals surface area contributed by atoms with Crippen molar-refractivity contribution in [2.45, 2.75) is 5.88 Å². The molecule has 0 N–H and O–H groups in total. The summed E-state index contributed by atoms with van der Waals surface area (Å²) in [5.41, 5.74) is 0.411. The van der Waals surface area contributed by atoms with Crippen LogP contribution < -0.4 is 4.74 Å². The molecule has 7 heteroatoms. The second kappa shape index (κ2) is 6.20. The maximum absolute atomic E-state index is 13.7. The van der Waals surface area contributed by atoms with E-state index in [0.717, 1.165) is 6.07 Å². The van der Waals surface area contributed by atoms with Crippen LogP contribution in [0.5, 0.6) is 11.5 Å². The predicted octanol–water partition coefficient (Wildman–Crippen LogP) is 4.14. The van der Waals surface area contributed by atoms with Gasteiger partial charge in [0.15, 0.2) is 11.6 Å². The summed E-state index contributed by atoms with van der Waals surface area (Å²) in [5.74, 6) is -0.587. The van der Waals surface area contributed by atoms with Crippen molar-refractivity contribution in [3.05, 3.63) is 63.5 Å². The minimum absolute atomic E-state index is 0.0189. The average Bonchev–Trinajstić information content (AvgIpc) is 2.49. The lowest BCUT2D eigenvalue weighted by Gasteiger charge is -2.10. The van der Waals surface area contributed by atoms with Gasteiger partial charge in [0, 0.05) is 17.7 Å². The number of nitro groups is 1. The van der Waals surface area contributed by atoms with Gasteiger partial charge in [-0.15, -0.1) is 11.6 Å². The molecule has 0 fully saturated rings. The van der Waals surface area contributed by atoms with Crippen molar-refractivity contribution in [3.8, 4) is 17.6 Å². The van der Waals surface area contributed by atoms with E-state index in [9.17, 15) is 14.5 Å². The van der Waals surface area contributed by atoms with Crippen LogP contribution in [0, 0.1) is 27.3 Å². The molecule has 0 saturated carbocycles. The van der Waals surface area contributed by atoms with Crippen LogP contribution in [-0.4, -0.2) is 4.92 Å². The average molecular weight is 307 g/mol. The third-order valence-electron chi connectivity index (χ3n) is 2.68. The third kappa shape index (κ3) is 3.27. The normalized spacial score (nSPS) is 9.95. The zero-order valence-electron chi connectivity index (χ0n) is 10.5. The van der Waals surface area contributed by atoms with Gasteiger partial charge < -0.3 is 4.74 Å². The molecule has 0 saturated heterocycles. The summed E-state index contributed by atoms with van der Waals surface area (Å²) in [5, 5.41) is 19.4. The van der Waals surface area contributed by atoms with E-state index in [-0.39, 0.29) is 28.6 Å². The monoisotopic (exact) mass is 306 g/mol. The number of nitro benzene ring substituents is 1. The number of benzene rings is 2. The summed E-state index contributed by atoms with van der Waals surface area (Å²) in [4.78, 5) is 10.1. The van der Waals surface area contributed by atoms with Crippen LogP contribution in [0.15, 0.2) is 36.4 Å². The fraction of sp³-hybridized carbons (Fsp3) is 0.0714. The molecule has 0 unspecified atom stereocenters. The highest BCUT2D eigenvalue weighted by Crippen LogP contribution is 2.31. The molecule has 2 aromatic carbocycles. The SMILES string of the molecule is N#Cc1ccc(Oc2ccc([N+](=O)[O-])cc2CCl)c(F)c1. The number of hydrogen-bond acceptors (Lipinski definition) is 4. The highest BCUT2D eigenvalue weighted by atomic mass is 35.5. The first-order valence-electron chi connectivity index (χ1n) is 5.76. The van der Waals surface area contributed by atoms with E-state index in [4.69, 9.17) is 21.6 Å². The van der Waals surface area contributed by atoms with Gasteiger partial charge in [0.25, 0.3) is 5.69 Å². The first kappa shape index (κ1) is 14.8. The maximum atomic E-state index is 13.7. The highest BCUT2D eigenvalue weighted by Gasteiger charge is 2.13. The van der Waals surface area contributed by atoms with Crippen molar-refractivity contribution in [2.24, 2.45) is 0 Å². The fourth-order valence-corrected chi connectivity index (χ4v) is 1.86. The molecule has 2 rings (SSSR count). The Kier molecular flexibility index (Phi) is 4.36. The summed E-state index contributed by atoms with van der Waals surface area (Å²) >= 11 is 5.72. The molecule has 0 aromatic heterocycles. The number of alkyl halides is 1. The maximum Gasteiger partial charge on any atom is 0.270 e. The van der Waals surface area contributed by atoms with E-state index in [0.29, 0.717) is 5.56 Å². The van der Waals surface area contributed by atoms with Crippen LogP contribution in [0.3, 0.4) is 0 Å². The van der Waals surface area contributed by atoms with Gasteiger partial charge in [0.2, 0.25) is 0 Å². The molecule has 0 aliphatic heterocycles. The lowest BCUT2D eigenvalue weighted by atomic mass is 10.2. The molecule has 0 bridgehead atoms.